The molecule has 0 fully saturated rings. The number of esters is 1. The zero-order valence-electron chi connectivity index (χ0n) is 11.3. The zero-order valence-corrected chi connectivity index (χ0v) is 11.3. The molecule has 0 saturated carbocycles. The van der Waals surface area contributed by atoms with Crippen molar-refractivity contribution in [1.82, 2.24) is 0 Å². The van der Waals surface area contributed by atoms with Crippen molar-refractivity contribution in [3.8, 4) is 11.5 Å². The van der Waals surface area contributed by atoms with Crippen molar-refractivity contribution in [2.75, 3.05) is 12.8 Å². The minimum atomic E-state index is -0.550. The Morgan fingerprint density at radius 1 is 1.05 bits per heavy atom. The van der Waals surface area contributed by atoms with Crippen molar-refractivity contribution in [1.29, 1.82) is 0 Å². The lowest BCUT2D eigenvalue weighted by molar-refractivity contribution is 0.0598. The Labute approximate surface area is 121 Å². The molecule has 0 aromatic heterocycles. The van der Waals surface area contributed by atoms with Crippen LogP contribution in [0.4, 0.5) is 5.69 Å². The Hall–Kier alpha value is -3.02. The fourth-order valence-corrected chi connectivity index (χ4v) is 1.72. The van der Waals surface area contributed by atoms with Gasteiger partial charge in [0.15, 0.2) is 0 Å². The van der Waals surface area contributed by atoms with Crippen LogP contribution >= 0.6 is 0 Å². The molecule has 4 N–H and O–H groups in total. The SMILES string of the molecule is COC(=O)c1cc(N)ccc1Oc1ccc(C(N)=O)cc1. The summed E-state index contributed by atoms with van der Waals surface area (Å²) < 4.78 is 10.3. The Kier molecular flexibility index (Phi) is 4.08. The molecule has 0 radical (unpaired) electrons. The van der Waals surface area contributed by atoms with Crippen LogP contribution < -0.4 is 16.2 Å². The first-order valence-electron chi connectivity index (χ1n) is 6.07. The number of ether oxygens (including phenoxy) is 2. The summed E-state index contributed by atoms with van der Waals surface area (Å²) >= 11 is 0. The van der Waals surface area contributed by atoms with Crippen molar-refractivity contribution >= 4 is 17.6 Å². The number of amides is 1. The minimum absolute atomic E-state index is 0.219. The minimum Gasteiger partial charge on any atom is -0.465 e. The second-order valence-electron chi connectivity index (χ2n) is 4.24. The van der Waals surface area contributed by atoms with Gasteiger partial charge in [0, 0.05) is 11.3 Å². The zero-order chi connectivity index (χ0) is 15.4. The maximum absolute atomic E-state index is 11.7. The first-order chi connectivity index (χ1) is 10.0. The molecule has 2 aromatic rings. The predicted molar refractivity (Wildman–Crippen MR) is 77.2 cm³/mol. The maximum atomic E-state index is 11.7. The molecule has 0 bridgehead atoms. The van der Waals surface area contributed by atoms with E-state index in [1.165, 1.54) is 25.3 Å². The highest BCUT2D eigenvalue weighted by Gasteiger charge is 2.14. The van der Waals surface area contributed by atoms with E-state index in [-0.39, 0.29) is 5.56 Å². The fourth-order valence-electron chi connectivity index (χ4n) is 1.72. The smallest absolute Gasteiger partial charge is 0.341 e. The molecule has 0 unspecified atom stereocenters. The summed E-state index contributed by atoms with van der Waals surface area (Å²) in [4.78, 5) is 22.7. The van der Waals surface area contributed by atoms with Crippen LogP contribution in [0.5, 0.6) is 11.5 Å². The number of carbonyl (C=O) groups is 2. The van der Waals surface area contributed by atoms with Crippen LogP contribution in [-0.2, 0) is 4.74 Å². The number of methoxy groups -OCH3 is 1. The van der Waals surface area contributed by atoms with E-state index in [2.05, 4.69) is 4.74 Å². The second kappa shape index (κ2) is 5.96. The Bertz CT molecular complexity index is 681. The number of rotatable bonds is 4. The Morgan fingerprint density at radius 3 is 2.29 bits per heavy atom. The lowest BCUT2D eigenvalue weighted by Crippen LogP contribution is -2.10. The molecule has 0 heterocycles. The molecule has 0 aliphatic heterocycles. The van der Waals surface area contributed by atoms with Gasteiger partial charge >= 0.3 is 5.97 Å². The molecule has 21 heavy (non-hydrogen) atoms. The maximum Gasteiger partial charge on any atom is 0.341 e. The number of hydrogen-bond donors (Lipinski definition) is 2. The summed E-state index contributed by atoms with van der Waals surface area (Å²) in [6.07, 6.45) is 0. The molecule has 2 rings (SSSR count). The van der Waals surface area contributed by atoms with E-state index in [4.69, 9.17) is 16.2 Å². The van der Waals surface area contributed by atoms with E-state index in [1.54, 1.807) is 24.3 Å². The summed E-state index contributed by atoms with van der Waals surface area (Å²) in [6, 6.07) is 10.9. The van der Waals surface area contributed by atoms with Gasteiger partial charge in [-0.05, 0) is 42.5 Å². The topological polar surface area (TPSA) is 105 Å². The predicted octanol–water partition coefficient (Wildman–Crippen LogP) is 1.95. The molecule has 0 aliphatic rings. The molecule has 0 spiro atoms. The van der Waals surface area contributed by atoms with Crippen molar-refractivity contribution in [3.05, 3.63) is 53.6 Å². The van der Waals surface area contributed by atoms with E-state index >= 15 is 0 Å². The van der Waals surface area contributed by atoms with E-state index in [0.29, 0.717) is 22.7 Å². The number of carbonyl (C=O) groups excluding carboxylic acids is 2. The monoisotopic (exact) mass is 286 g/mol. The number of hydrogen-bond acceptors (Lipinski definition) is 5. The summed E-state index contributed by atoms with van der Waals surface area (Å²) in [7, 11) is 1.27. The lowest BCUT2D eigenvalue weighted by atomic mass is 10.1. The Morgan fingerprint density at radius 2 is 1.71 bits per heavy atom. The van der Waals surface area contributed by atoms with Crippen molar-refractivity contribution in [2.24, 2.45) is 5.73 Å². The average Bonchev–Trinajstić information content (AvgIpc) is 2.48. The molecule has 0 atom stereocenters. The highest BCUT2D eigenvalue weighted by molar-refractivity contribution is 5.94. The van der Waals surface area contributed by atoms with Crippen molar-refractivity contribution < 1.29 is 19.1 Å². The van der Waals surface area contributed by atoms with E-state index in [1.807, 2.05) is 0 Å². The second-order valence-corrected chi connectivity index (χ2v) is 4.24. The van der Waals surface area contributed by atoms with Gasteiger partial charge in [0.1, 0.15) is 17.1 Å². The third-order valence-corrected chi connectivity index (χ3v) is 2.78. The first-order valence-corrected chi connectivity index (χ1v) is 6.07. The molecule has 6 nitrogen and oxygen atoms in total. The van der Waals surface area contributed by atoms with Crippen molar-refractivity contribution in [3.63, 3.8) is 0 Å². The average molecular weight is 286 g/mol. The first kappa shape index (κ1) is 14.4. The van der Waals surface area contributed by atoms with Gasteiger partial charge in [0.25, 0.3) is 0 Å². The van der Waals surface area contributed by atoms with Crippen LogP contribution in [0.25, 0.3) is 0 Å². The van der Waals surface area contributed by atoms with E-state index in [0.717, 1.165) is 0 Å². The molecule has 108 valence electrons. The van der Waals surface area contributed by atoms with Gasteiger partial charge in [-0.15, -0.1) is 0 Å². The molecule has 0 aliphatic carbocycles. The molecular formula is C15H14N2O4. The number of benzene rings is 2. The van der Waals surface area contributed by atoms with Crippen LogP contribution in [-0.4, -0.2) is 19.0 Å². The number of nitrogens with two attached hydrogens (primary N) is 2. The summed E-state index contributed by atoms with van der Waals surface area (Å²) in [5.74, 6) is -0.312. The molecule has 6 heteroatoms. The Balaban J connectivity index is 2.30. The lowest BCUT2D eigenvalue weighted by Gasteiger charge is -2.10. The standard InChI is InChI=1S/C15H14N2O4/c1-20-15(19)12-8-10(16)4-7-13(12)21-11-5-2-9(3-6-11)14(17)18/h2-8H,16H2,1H3,(H2,17,18). The summed E-state index contributed by atoms with van der Waals surface area (Å²) in [5.41, 5.74) is 11.8. The molecule has 1 amide bonds. The van der Waals surface area contributed by atoms with Gasteiger partial charge in [-0.1, -0.05) is 0 Å². The number of primary amides is 1. The normalized spacial score (nSPS) is 9.95. The van der Waals surface area contributed by atoms with Gasteiger partial charge in [0.05, 0.1) is 7.11 Å². The fraction of sp³-hybridized carbons (Fsp3) is 0.0667. The van der Waals surface area contributed by atoms with E-state index < -0.39 is 11.9 Å². The van der Waals surface area contributed by atoms with Gasteiger partial charge in [0.2, 0.25) is 5.91 Å². The largest absolute Gasteiger partial charge is 0.465 e. The third kappa shape index (κ3) is 3.30. The van der Waals surface area contributed by atoms with Gasteiger partial charge < -0.3 is 20.9 Å². The van der Waals surface area contributed by atoms with Gasteiger partial charge in [-0.2, -0.15) is 0 Å². The van der Waals surface area contributed by atoms with Gasteiger partial charge in [-0.25, -0.2) is 4.79 Å². The summed E-state index contributed by atoms with van der Waals surface area (Å²) in [6.45, 7) is 0. The highest BCUT2D eigenvalue weighted by Crippen LogP contribution is 2.27. The molecule has 0 saturated heterocycles. The van der Waals surface area contributed by atoms with Crippen molar-refractivity contribution in [2.45, 2.75) is 0 Å². The van der Waals surface area contributed by atoms with E-state index in [9.17, 15) is 9.59 Å². The molecule has 2 aromatic carbocycles. The van der Waals surface area contributed by atoms with Crippen LogP contribution in [0, 0.1) is 0 Å². The van der Waals surface area contributed by atoms with Crippen LogP contribution in [0.3, 0.4) is 0 Å². The van der Waals surface area contributed by atoms with Gasteiger partial charge in [-0.3, -0.25) is 4.79 Å². The highest BCUT2D eigenvalue weighted by atomic mass is 16.5. The quantitative estimate of drug-likeness (QED) is 0.660. The van der Waals surface area contributed by atoms with Crippen LogP contribution in [0.2, 0.25) is 0 Å². The number of anilines is 1. The summed E-state index contributed by atoms with van der Waals surface area (Å²) in [5, 5.41) is 0. The third-order valence-electron chi connectivity index (χ3n) is 2.78. The molecular weight excluding hydrogens is 272 g/mol. The van der Waals surface area contributed by atoms with Crippen LogP contribution in [0.1, 0.15) is 20.7 Å². The van der Waals surface area contributed by atoms with Crippen LogP contribution in [0.15, 0.2) is 42.5 Å². The number of nitrogen functional groups attached to an aromatic ring is 1.